The summed E-state index contributed by atoms with van der Waals surface area (Å²) < 4.78 is 0. The zero-order valence-electron chi connectivity index (χ0n) is 13.2. The van der Waals surface area contributed by atoms with E-state index in [1.54, 1.807) is 0 Å². The number of nitrogens with two attached hydrogens (primary N) is 1. The van der Waals surface area contributed by atoms with Crippen LogP contribution in [0.2, 0.25) is 0 Å². The van der Waals surface area contributed by atoms with Crippen molar-refractivity contribution in [1.29, 1.82) is 0 Å². The van der Waals surface area contributed by atoms with E-state index in [0.717, 1.165) is 6.54 Å². The largest absolute Gasteiger partial charge is 0.368 e. The minimum absolute atomic E-state index is 0.0835. The summed E-state index contributed by atoms with van der Waals surface area (Å²) in [5, 5.41) is 0. The molecule has 1 atom stereocenters. The van der Waals surface area contributed by atoms with Gasteiger partial charge in [-0.2, -0.15) is 0 Å². The van der Waals surface area contributed by atoms with Crippen molar-refractivity contribution in [3.63, 3.8) is 0 Å². The maximum absolute atomic E-state index is 6.14. The monoisotopic (exact) mass is 262 g/mol. The van der Waals surface area contributed by atoms with Gasteiger partial charge in [0.25, 0.3) is 0 Å². The van der Waals surface area contributed by atoms with Gasteiger partial charge in [-0.25, -0.2) is 0 Å². The van der Waals surface area contributed by atoms with Crippen LogP contribution in [-0.4, -0.2) is 12.6 Å². The summed E-state index contributed by atoms with van der Waals surface area (Å²) in [4.78, 5) is 2.56. The molecule has 0 aliphatic rings. The molecular formula is C17H30N2. The number of hydrogen-bond donors (Lipinski definition) is 1. The van der Waals surface area contributed by atoms with Gasteiger partial charge in [0.05, 0.1) is 0 Å². The van der Waals surface area contributed by atoms with Crippen molar-refractivity contribution in [2.75, 3.05) is 11.4 Å². The average Bonchev–Trinajstić information content (AvgIpc) is 2.38. The Morgan fingerprint density at radius 3 is 2.11 bits per heavy atom. The highest BCUT2D eigenvalue weighted by Crippen LogP contribution is 2.29. The fraction of sp³-hybridized carbons (Fsp3) is 0.647. The van der Waals surface area contributed by atoms with Gasteiger partial charge in [0.1, 0.15) is 0 Å². The van der Waals surface area contributed by atoms with Crippen LogP contribution in [0.1, 0.15) is 59.1 Å². The Hall–Kier alpha value is -1.02. The Morgan fingerprint density at radius 2 is 1.63 bits per heavy atom. The molecule has 0 saturated carbocycles. The summed E-state index contributed by atoms with van der Waals surface area (Å²) in [6.45, 7) is 12.3. The lowest BCUT2D eigenvalue weighted by Crippen LogP contribution is -2.38. The molecule has 1 rings (SSSR count). The molecule has 0 bridgehead atoms. The van der Waals surface area contributed by atoms with Crippen LogP contribution < -0.4 is 10.6 Å². The van der Waals surface area contributed by atoms with Gasteiger partial charge >= 0.3 is 0 Å². The molecular weight excluding hydrogens is 232 g/mol. The van der Waals surface area contributed by atoms with Crippen LogP contribution in [0.25, 0.3) is 0 Å². The van der Waals surface area contributed by atoms with E-state index in [2.05, 4.69) is 63.8 Å². The van der Waals surface area contributed by atoms with Crippen molar-refractivity contribution in [3.05, 3.63) is 29.8 Å². The first-order chi connectivity index (χ1) is 9.01. The lowest BCUT2D eigenvalue weighted by Gasteiger charge is -2.36. The van der Waals surface area contributed by atoms with Crippen LogP contribution in [-0.2, 0) is 0 Å². The van der Waals surface area contributed by atoms with E-state index in [1.807, 2.05) is 0 Å². The SMILES string of the molecule is CCC(CC)N(CC(C)C)c1ccccc1[C@@H](C)N. The third-order valence-electron chi connectivity index (χ3n) is 3.68. The van der Waals surface area contributed by atoms with E-state index in [9.17, 15) is 0 Å². The molecule has 2 nitrogen and oxygen atoms in total. The van der Waals surface area contributed by atoms with Gasteiger partial charge in [-0.3, -0.25) is 0 Å². The summed E-state index contributed by atoms with van der Waals surface area (Å²) in [6, 6.07) is 9.27. The molecule has 0 heterocycles. The Kier molecular flexibility index (Phi) is 6.36. The van der Waals surface area contributed by atoms with Gasteiger partial charge in [0.2, 0.25) is 0 Å². The van der Waals surface area contributed by atoms with Crippen molar-refractivity contribution in [3.8, 4) is 0 Å². The fourth-order valence-electron chi connectivity index (χ4n) is 2.70. The van der Waals surface area contributed by atoms with Crippen molar-refractivity contribution < 1.29 is 0 Å². The van der Waals surface area contributed by atoms with Gasteiger partial charge < -0.3 is 10.6 Å². The molecule has 1 aromatic rings. The van der Waals surface area contributed by atoms with Crippen LogP contribution in [0.5, 0.6) is 0 Å². The van der Waals surface area contributed by atoms with E-state index < -0.39 is 0 Å². The minimum Gasteiger partial charge on any atom is -0.368 e. The predicted octanol–water partition coefficient (Wildman–Crippen LogP) is 4.36. The first-order valence-corrected chi connectivity index (χ1v) is 7.62. The van der Waals surface area contributed by atoms with Crippen molar-refractivity contribution in [1.82, 2.24) is 0 Å². The third-order valence-corrected chi connectivity index (χ3v) is 3.68. The normalized spacial score (nSPS) is 13.1. The van der Waals surface area contributed by atoms with Crippen LogP contribution in [0, 0.1) is 5.92 Å². The van der Waals surface area contributed by atoms with E-state index in [0.29, 0.717) is 12.0 Å². The Balaban J connectivity index is 3.16. The molecule has 1 aromatic carbocycles. The lowest BCUT2D eigenvalue weighted by atomic mass is 10.0. The highest BCUT2D eigenvalue weighted by atomic mass is 15.2. The smallest absolute Gasteiger partial charge is 0.0417 e. The van der Waals surface area contributed by atoms with Gasteiger partial charge in [-0.15, -0.1) is 0 Å². The summed E-state index contributed by atoms with van der Waals surface area (Å²) in [7, 11) is 0. The molecule has 0 saturated heterocycles. The molecule has 0 amide bonds. The first-order valence-electron chi connectivity index (χ1n) is 7.62. The molecule has 0 radical (unpaired) electrons. The molecule has 0 spiro atoms. The maximum Gasteiger partial charge on any atom is 0.0417 e. The van der Waals surface area contributed by atoms with Gasteiger partial charge in [-0.1, -0.05) is 45.9 Å². The quantitative estimate of drug-likeness (QED) is 0.791. The number of para-hydroxylation sites is 1. The second-order valence-electron chi connectivity index (χ2n) is 5.86. The van der Waals surface area contributed by atoms with Crippen LogP contribution in [0.4, 0.5) is 5.69 Å². The van der Waals surface area contributed by atoms with E-state index in [-0.39, 0.29) is 6.04 Å². The molecule has 19 heavy (non-hydrogen) atoms. The fourth-order valence-corrected chi connectivity index (χ4v) is 2.70. The molecule has 2 heteroatoms. The van der Waals surface area contributed by atoms with Crippen LogP contribution in [0.3, 0.4) is 0 Å². The van der Waals surface area contributed by atoms with Crippen molar-refractivity contribution in [2.24, 2.45) is 11.7 Å². The molecule has 0 unspecified atom stereocenters. The number of anilines is 1. The third kappa shape index (κ3) is 4.24. The molecule has 0 fully saturated rings. The number of rotatable bonds is 7. The summed E-state index contributed by atoms with van der Waals surface area (Å²) in [6.07, 6.45) is 2.35. The van der Waals surface area contributed by atoms with Crippen molar-refractivity contribution >= 4 is 5.69 Å². The zero-order valence-corrected chi connectivity index (χ0v) is 13.2. The molecule has 108 valence electrons. The summed E-state index contributed by atoms with van der Waals surface area (Å²) in [5.74, 6) is 0.654. The lowest BCUT2D eigenvalue weighted by molar-refractivity contribution is 0.505. The van der Waals surface area contributed by atoms with Crippen LogP contribution in [0.15, 0.2) is 24.3 Å². The number of nitrogens with zero attached hydrogens (tertiary/aromatic N) is 1. The standard InChI is InChI=1S/C17H30N2/c1-6-15(7-2)19(12-13(3)4)17-11-9-8-10-16(17)14(5)18/h8-11,13-15H,6-7,12,18H2,1-5H3/t14-/m1/s1. The van der Waals surface area contributed by atoms with E-state index >= 15 is 0 Å². The second-order valence-corrected chi connectivity index (χ2v) is 5.86. The zero-order chi connectivity index (χ0) is 14.4. The van der Waals surface area contributed by atoms with Gasteiger partial charge in [-0.05, 0) is 37.3 Å². The molecule has 0 aliphatic carbocycles. The first kappa shape index (κ1) is 16.0. The molecule has 0 aromatic heterocycles. The maximum atomic E-state index is 6.14. The summed E-state index contributed by atoms with van der Waals surface area (Å²) in [5.41, 5.74) is 8.72. The highest BCUT2D eigenvalue weighted by molar-refractivity contribution is 5.55. The second kappa shape index (κ2) is 7.54. The highest BCUT2D eigenvalue weighted by Gasteiger charge is 2.20. The van der Waals surface area contributed by atoms with E-state index in [4.69, 9.17) is 5.73 Å². The number of hydrogen-bond acceptors (Lipinski definition) is 2. The topological polar surface area (TPSA) is 29.3 Å². The Labute approximate surface area is 119 Å². The Morgan fingerprint density at radius 1 is 1.05 bits per heavy atom. The summed E-state index contributed by atoms with van der Waals surface area (Å²) >= 11 is 0. The minimum atomic E-state index is 0.0835. The average molecular weight is 262 g/mol. The number of benzene rings is 1. The molecule has 2 N–H and O–H groups in total. The van der Waals surface area contributed by atoms with Gasteiger partial charge in [0, 0.05) is 24.3 Å². The van der Waals surface area contributed by atoms with Gasteiger partial charge in [0.15, 0.2) is 0 Å². The van der Waals surface area contributed by atoms with Crippen LogP contribution >= 0.6 is 0 Å². The molecule has 0 aliphatic heterocycles. The van der Waals surface area contributed by atoms with Crippen molar-refractivity contribution in [2.45, 2.75) is 59.5 Å². The van der Waals surface area contributed by atoms with E-state index in [1.165, 1.54) is 24.1 Å². The Bertz CT molecular complexity index is 367. The predicted molar refractivity (Wildman–Crippen MR) is 85.6 cm³/mol.